The molecule has 1 saturated heterocycles. The molecule has 2 atom stereocenters. The molecule has 1 N–H and O–H groups in total. The molecule has 0 aliphatic carbocycles. The van der Waals surface area contributed by atoms with Crippen molar-refractivity contribution >= 4 is 17.5 Å². The Morgan fingerprint density at radius 1 is 1.00 bits per heavy atom. The third-order valence-corrected chi connectivity index (χ3v) is 5.65. The molecule has 1 amide bonds. The maximum atomic E-state index is 13.2. The number of nitrogens with one attached hydrogen (secondary N) is 1. The summed E-state index contributed by atoms with van der Waals surface area (Å²) >= 11 is 5.92. The first-order chi connectivity index (χ1) is 14.4. The standard InChI is InChI=1S/C21H19ClF6N2O/c1-30(18-6-7-29-11-17(18)12-2-4-16(22)5-3-12)19(31)13-8-14(20(23,24)25)10-15(9-13)21(26,27)28/h2-5,8-10,17-18,29H,6-7,11H2,1H3. The van der Waals surface area contributed by atoms with Gasteiger partial charge in [-0.3, -0.25) is 4.79 Å². The van der Waals surface area contributed by atoms with Gasteiger partial charge in [0.05, 0.1) is 11.1 Å². The topological polar surface area (TPSA) is 32.3 Å². The summed E-state index contributed by atoms with van der Waals surface area (Å²) < 4.78 is 79.0. The molecule has 1 aliphatic heterocycles. The van der Waals surface area contributed by atoms with Crippen LogP contribution in [-0.4, -0.2) is 37.0 Å². The van der Waals surface area contributed by atoms with Gasteiger partial charge in [0.25, 0.3) is 5.91 Å². The minimum absolute atomic E-state index is 0.0117. The van der Waals surface area contributed by atoms with Crippen LogP contribution in [0.4, 0.5) is 26.3 Å². The van der Waals surface area contributed by atoms with E-state index in [1.54, 1.807) is 24.3 Å². The molecule has 1 aliphatic rings. The third-order valence-electron chi connectivity index (χ3n) is 5.40. The molecule has 2 aromatic carbocycles. The molecule has 0 spiro atoms. The highest BCUT2D eigenvalue weighted by atomic mass is 35.5. The maximum Gasteiger partial charge on any atom is 0.416 e. The molecule has 31 heavy (non-hydrogen) atoms. The van der Waals surface area contributed by atoms with Crippen LogP contribution >= 0.6 is 11.6 Å². The lowest BCUT2D eigenvalue weighted by Gasteiger charge is -2.39. The molecular weight excluding hydrogens is 446 g/mol. The van der Waals surface area contributed by atoms with Crippen molar-refractivity contribution in [1.29, 1.82) is 0 Å². The summed E-state index contributed by atoms with van der Waals surface area (Å²) in [6.07, 6.45) is -9.55. The minimum Gasteiger partial charge on any atom is -0.338 e. The zero-order valence-corrected chi connectivity index (χ0v) is 17.1. The SMILES string of the molecule is CN(C(=O)c1cc(C(F)(F)F)cc(C(F)(F)F)c1)C1CCNCC1c1ccc(Cl)cc1. The number of nitrogens with zero attached hydrogens (tertiary/aromatic N) is 1. The van der Waals surface area contributed by atoms with E-state index in [4.69, 9.17) is 11.6 Å². The molecule has 0 aromatic heterocycles. The smallest absolute Gasteiger partial charge is 0.338 e. The summed E-state index contributed by atoms with van der Waals surface area (Å²) in [4.78, 5) is 14.2. The largest absolute Gasteiger partial charge is 0.416 e. The summed E-state index contributed by atoms with van der Waals surface area (Å²) in [5.41, 5.74) is -2.82. The van der Waals surface area contributed by atoms with Crippen LogP contribution in [0.25, 0.3) is 0 Å². The molecule has 168 valence electrons. The first-order valence-corrected chi connectivity index (χ1v) is 9.78. The van der Waals surface area contributed by atoms with Crippen LogP contribution in [0, 0.1) is 0 Å². The van der Waals surface area contributed by atoms with E-state index in [-0.39, 0.29) is 12.0 Å². The van der Waals surface area contributed by atoms with Crippen molar-refractivity contribution < 1.29 is 31.1 Å². The van der Waals surface area contributed by atoms with Gasteiger partial charge in [-0.15, -0.1) is 0 Å². The average molecular weight is 465 g/mol. The third kappa shape index (κ3) is 5.33. The van der Waals surface area contributed by atoms with Gasteiger partial charge in [0, 0.05) is 36.1 Å². The summed E-state index contributed by atoms with van der Waals surface area (Å²) in [5.74, 6) is -1.10. The predicted octanol–water partition coefficient (Wildman–Crippen LogP) is 5.60. The number of likely N-dealkylation sites (N-methyl/N-ethyl adjacent to an activating group) is 1. The fourth-order valence-electron chi connectivity index (χ4n) is 3.79. The Hall–Kier alpha value is -2.26. The Kier molecular flexibility index (Phi) is 6.57. The van der Waals surface area contributed by atoms with Crippen LogP contribution in [0.3, 0.4) is 0 Å². The second kappa shape index (κ2) is 8.70. The zero-order chi connectivity index (χ0) is 23.0. The molecule has 2 aromatic rings. The van der Waals surface area contributed by atoms with Crippen molar-refractivity contribution in [2.24, 2.45) is 0 Å². The molecule has 0 radical (unpaired) electrons. The lowest BCUT2D eigenvalue weighted by molar-refractivity contribution is -0.143. The number of benzene rings is 2. The number of halogens is 7. The second-order valence-corrected chi connectivity index (χ2v) is 7.87. The van der Waals surface area contributed by atoms with Gasteiger partial charge >= 0.3 is 12.4 Å². The lowest BCUT2D eigenvalue weighted by Crippen LogP contribution is -2.49. The highest BCUT2D eigenvalue weighted by molar-refractivity contribution is 6.30. The number of alkyl halides is 6. The van der Waals surface area contributed by atoms with E-state index in [0.29, 0.717) is 36.7 Å². The molecule has 1 heterocycles. The Labute approximate surface area is 180 Å². The number of hydrogen-bond acceptors (Lipinski definition) is 2. The van der Waals surface area contributed by atoms with Crippen molar-refractivity contribution in [2.45, 2.75) is 30.7 Å². The lowest BCUT2D eigenvalue weighted by atomic mass is 9.85. The van der Waals surface area contributed by atoms with Gasteiger partial charge < -0.3 is 10.2 Å². The Morgan fingerprint density at radius 2 is 1.55 bits per heavy atom. The quantitative estimate of drug-likeness (QED) is 0.600. The van der Waals surface area contributed by atoms with Crippen LogP contribution in [0.5, 0.6) is 0 Å². The maximum absolute atomic E-state index is 13.2. The number of hydrogen-bond donors (Lipinski definition) is 1. The normalized spacial score (nSPS) is 19.9. The van der Waals surface area contributed by atoms with Gasteiger partial charge in [-0.1, -0.05) is 23.7 Å². The predicted molar refractivity (Wildman–Crippen MR) is 104 cm³/mol. The van der Waals surface area contributed by atoms with Crippen LogP contribution < -0.4 is 5.32 Å². The molecule has 10 heteroatoms. The first-order valence-electron chi connectivity index (χ1n) is 9.41. The number of amides is 1. The van der Waals surface area contributed by atoms with Gasteiger partial charge in [-0.25, -0.2) is 0 Å². The molecule has 2 unspecified atom stereocenters. The van der Waals surface area contributed by atoms with Crippen LogP contribution in [0.15, 0.2) is 42.5 Å². The van der Waals surface area contributed by atoms with Crippen molar-refractivity contribution in [3.63, 3.8) is 0 Å². The van der Waals surface area contributed by atoms with Crippen molar-refractivity contribution in [3.8, 4) is 0 Å². The van der Waals surface area contributed by atoms with Gasteiger partial charge in [0.1, 0.15) is 0 Å². The fourth-order valence-corrected chi connectivity index (χ4v) is 3.92. The molecule has 3 rings (SSSR count). The van der Waals surface area contributed by atoms with E-state index in [1.807, 2.05) is 0 Å². The molecule has 0 bridgehead atoms. The van der Waals surface area contributed by atoms with Crippen molar-refractivity contribution in [2.75, 3.05) is 20.1 Å². The van der Waals surface area contributed by atoms with E-state index < -0.39 is 41.0 Å². The second-order valence-electron chi connectivity index (χ2n) is 7.43. The molecule has 0 saturated carbocycles. The first kappa shape index (κ1) is 23.4. The average Bonchev–Trinajstić information content (AvgIpc) is 2.71. The van der Waals surface area contributed by atoms with E-state index in [0.717, 1.165) is 5.56 Å². The summed E-state index contributed by atoms with van der Waals surface area (Å²) in [5, 5.41) is 3.73. The highest BCUT2D eigenvalue weighted by Gasteiger charge is 2.39. The number of rotatable bonds is 3. The Balaban J connectivity index is 1.96. The summed E-state index contributed by atoms with van der Waals surface area (Å²) in [6.45, 7) is 1.06. The van der Waals surface area contributed by atoms with Crippen LogP contribution in [0.1, 0.15) is 39.4 Å². The monoisotopic (exact) mass is 464 g/mol. The van der Waals surface area contributed by atoms with Crippen molar-refractivity contribution in [3.05, 3.63) is 69.7 Å². The van der Waals surface area contributed by atoms with Gasteiger partial charge in [0.15, 0.2) is 0 Å². The van der Waals surface area contributed by atoms with Gasteiger partial charge in [-0.2, -0.15) is 26.3 Å². The number of carbonyl (C=O) groups is 1. The Bertz CT molecular complexity index is 910. The Morgan fingerprint density at radius 3 is 2.06 bits per heavy atom. The van der Waals surface area contributed by atoms with E-state index in [9.17, 15) is 31.1 Å². The summed E-state index contributed by atoms with van der Waals surface area (Å²) in [7, 11) is 1.40. The van der Waals surface area contributed by atoms with E-state index >= 15 is 0 Å². The van der Waals surface area contributed by atoms with Gasteiger partial charge in [-0.05, 0) is 48.9 Å². The van der Waals surface area contributed by atoms with E-state index in [2.05, 4.69) is 5.32 Å². The van der Waals surface area contributed by atoms with Crippen molar-refractivity contribution in [1.82, 2.24) is 10.2 Å². The number of carbonyl (C=O) groups excluding carboxylic acids is 1. The zero-order valence-electron chi connectivity index (χ0n) is 16.3. The highest BCUT2D eigenvalue weighted by Crippen LogP contribution is 2.37. The van der Waals surface area contributed by atoms with Crippen LogP contribution in [-0.2, 0) is 12.4 Å². The molecular formula is C21H19ClF6N2O. The fraction of sp³-hybridized carbons (Fsp3) is 0.381. The minimum atomic E-state index is -5.02. The molecule has 3 nitrogen and oxygen atoms in total. The summed E-state index contributed by atoms with van der Waals surface area (Å²) in [6, 6.07) is 7.48. The van der Waals surface area contributed by atoms with Crippen LogP contribution in [0.2, 0.25) is 5.02 Å². The van der Waals surface area contributed by atoms with Gasteiger partial charge in [0.2, 0.25) is 0 Å². The van der Waals surface area contributed by atoms with E-state index in [1.165, 1.54) is 11.9 Å². The number of piperidine rings is 1. The molecule has 1 fully saturated rings.